The Kier molecular flexibility index (Phi) is 3.33. The number of nitrogens with zero attached hydrogens (tertiary/aromatic N) is 3. The molecule has 5 nitrogen and oxygen atoms in total. The molecule has 1 aromatic carbocycles. The van der Waals surface area contributed by atoms with Crippen LogP contribution in [0.1, 0.15) is 5.56 Å². The minimum absolute atomic E-state index is 0.502. The number of benzene rings is 1. The van der Waals surface area contributed by atoms with E-state index in [4.69, 9.17) is 0 Å². The molecule has 14 heavy (non-hydrogen) atoms. The van der Waals surface area contributed by atoms with Crippen molar-refractivity contribution in [2.45, 2.75) is 6.92 Å². The molecular formula is C9H7N3O2. The van der Waals surface area contributed by atoms with Crippen molar-refractivity contribution in [3.8, 4) is 0 Å². The van der Waals surface area contributed by atoms with E-state index in [1.165, 1.54) is 12.2 Å². The molecule has 0 spiro atoms. The monoisotopic (exact) mass is 189 g/mol. The summed E-state index contributed by atoms with van der Waals surface area (Å²) >= 11 is 0. The molecular weight excluding hydrogens is 182 g/mol. The van der Waals surface area contributed by atoms with Crippen LogP contribution in [0, 0.1) is 6.92 Å². The van der Waals surface area contributed by atoms with E-state index in [1.807, 2.05) is 19.1 Å². The first-order valence-electron chi connectivity index (χ1n) is 3.80. The van der Waals surface area contributed by atoms with Gasteiger partial charge >= 0.3 is 0 Å². The topological polar surface area (TPSA) is 62.1 Å². The lowest BCUT2D eigenvalue weighted by molar-refractivity contribution is 0.558. The zero-order valence-electron chi connectivity index (χ0n) is 7.47. The van der Waals surface area contributed by atoms with Crippen LogP contribution in [0.15, 0.2) is 34.5 Å². The largest absolute Gasteiger partial charge is 0.260 e. The van der Waals surface area contributed by atoms with Crippen LogP contribution < -0.4 is 5.12 Å². The first-order valence-corrected chi connectivity index (χ1v) is 3.80. The number of hydrogen-bond acceptors (Lipinski definition) is 5. The zero-order chi connectivity index (χ0) is 10.4. The van der Waals surface area contributed by atoms with Crippen molar-refractivity contribution in [3.05, 3.63) is 29.8 Å². The highest BCUT2D eigenvalue weighted by Gasteiger charge is 2.01. The lowest BCUT2D eigenvalue weighted by Crippen LogP contribution is -2.06. The van der Waals surface area contributed by atoms with E-state index in [0.29, 0.717) is 5.69 Å². The molecule has 0 fully saturated rings. The van der Waals surface area contributed by atoms with E-state index in [1.54, 1.807) is 12.1 Å². The Hall–Kier alpha value is -2.22. The molecule has 0 bridgehead atoms. The van der Waals surface area contributed by atoms with Crippen LogP contribution in [0.25, 0.3) is 0 Å². The number of hydrazone groups is 2. The molecule has 0 heterocycles. The molecule has 1 rings (SSSR count). The molecule has 0 aromatic heterocycles. The van der Waals surface area contributed by atoms with E-state index in [0.717, 1.165) is 10.7 Å². The Balaban J connectivity index is 3.04. The van der Waals surface area contributed by atoms with Gasteiger partial charge < -0.3 is 0 Å². The van der Waals surface area contributed by atoms with Gasteiger partial charge in [-0.3, -0.25) is 0 Å². The number of anilines is 1. The number of rotatable bonds is 3. The molecule has 0 saturated carbocycles. The maximum atomic E-state index is 10.0. The fraction of sp³-hybridized carbons (Fsp3) is 0.111. The summed E-state index contributed by atoms with van der Waals surface area (Å²) in [7, 11) is 0. The van der Waals surface area contributed by atoms with Crippen LogP contribution >= 0.6 is 0 Å². The van der Waals surface area contributed by atoms with Crippen molar-refractivity contribution in [2.24, 2.45) is 10.2 Å². The predicted molar refractivity (Wildman–Crippen MR) is 49.9 cm³/mol. The number of hydrogen-bond donors (Lipinski definition) is 0. The summed E-state index contributed by atoms with van der Waals surface area (Å²) < 4.78 is 0. The van der Waals surface area contributed by atoms with Gasteiger partial charge in [-0.05, 0) is 19.1 Å². The fourth-order valence-corrected chi connectivity index (χ4v) is 0.893. The number of carbonyl (C=O) groups excluding carboxylic acids is 2. The lowest BCUT2D eigenvalue weighted by atomic mass is 10.2. The average Bonchev–Trinajstić information content (AvgIpc) is 2.19. The molecule has 70 valence electrons. The number of isocyanates is 2. The third-order valence-corrected chi connectivity index (χ3v) is 1.54. The molecule has 0 atom stereocenters. The highest BCUT2D eigenvalue weighted by molar-refractivity contribution is 5.51. The highest BCUT2D eigenvalue weighted by Crippen LogP contribution is 2.14. The smallest absolute Gasteiger partial charge is 0.209 e. The summed E-state index contributed by atoms with van der Waals surface area (Å²) in [6, 6.07) is 6.97. The minimum Gasteiger partial charge on any atom is -0.209 e. The second-order valence-electron chi connectivity index (χ2n) is 2.51. The second-order valence-corrected chi connectivity index (χ2v) is 2.51. The van der Waals surface area contributed by atoms with Crippen molar-refractivity contribution in [2.75, 3.05) is 5.12 Å². The van der Waals surface area contributed by atoms with Crippen molar-refractivity contribution in [1.29, 1.82) is 0 Å². The van der Waals surface area contributed by atoms with Gasteiger partial charge in [-0.2, -0.15) is 0 Å². The molecule has 0 amide bonds. The maximum Gasteiger partial charge on any atom is 0.260 e. The van der Waals surface area contributed by atoms with Crippen LogP contribution in [0.4, 0.5) is 5.69 Å². The maximum absolute atomic E-state index is 10.0. The van der Waals surface area contributed by atoms with Gasteiger partial charge in [0.25, 0.3) is 12.2 Å². The van der Waals surface area contributed by atoms with Crippen LogP contribution in [-0.2, 0) is 9.59 Å². The van der Waals surface area contributed by atoms with Gasteiger partial charge in [-0.15, -0.1) is 5.12 Å². The van der Waals surface area contributed by atoms with Gasteiger partial charge in [0.05, 0.1) is 5.69 Å². The van der Waals surface area contributed by atoms with Gasteiger partial charge in [0.15, 0.2) is 0 Å². The van der Waals surface area contributed by atoms with Gasteiger partial charge in [0.1, 0.15) is 0 Å². The molecule has 0 aliphatic rings. The number of aryl methyl sites for hydroxylation is 1. The quantitative estimate of drug-likeness (QED) is 0.409. The van der Waals surface area contributed by atoms with E-state index >= 15 is 0 Å². The van der Waals surface area contributed by atoms with Crippen molar-refractivity contribution in [1.82, 2.24) is 0 Å². The highest BCUT2D eigenvalue weighted by atomic mass is 16.1. The predicted octanol–water partition coefficient (Wildman–Crippen LogP) is 1.30. The third kappa shape index (κ3) is 2.38. The second kappa shape index (κ2) is 4.72. The molecule has 0 aliphatic carbocycles. The van der Waals surface area contributed by atoms with E-state index in [-0.39, 0.29) is 0 Å². The zero-order valence-corrected chi connectivity index (χ0v) is 7.47. The van der Waals surface area contributed by atoms with E-state index < -0.39 is 0 Å². The van der Waals surface area contributed by atoms with Crippen LogP contribution in [-0.4, -0.2) is 12.2 Å². The van der Waals surface area contributed by atoms with Gasteiger partial charge in [0, 0.05) is 0 Å². The first-order chi connectivity index (χ1) is 6.77. The summed E-state index contributed by atoms with van der Waals surface area (Å²) in [5.41, 5.74) is 1.56. The van der Waals surface area contributed by atoms with Crippen LogP contribution in [0.2, 0.25) is 0 Å². The van der Waals surface area contributed by atoms with Crippen LogP contribution in [0.5, 0.6) is 0 Å². The molecule has 0 saturated heterocycles. The van der Waals surface area contributed by atoms with E-state index in [2.05, 4.69) is 10.2 Å². The Morgan fingerprint density at radius 3 is 2.00 bits per heavy atom. The average molecular weight is 189 g/mol. The summed E-state index contributed by atoms with van der Waals surface area (Å²) in [6.07, 6.45) is 2.59. The summed E-state index contributed by atoms with van der Waals surface area (Å²) in [6.45, 7) is 1.92. The summed E-state index contributed by atoms with van der Waals surface area (Å²) in [5, 5.41) is 7.29. The lowest BCUT2D eigenvalue weighted by Gasteiger charge is -2.07. The summed E-state index contributed by atoms with van der Waals surface area (Å²) in [4.78, 5) is 20.0. The third-order valence-electron chi connectivity index (χ3n) is 1.54. The van der Waals surface area contributed by atoms with Crippen LogP contribution in [0.3, 0.4) is 0 Å². The minimum atomic E-state index is 0.502. The standard InChI is InChI=1S/C9H7N3O2/c1-8-2-4-9(5-3-8)12(10-6-13)11-7-14/h2-5H,1H3. The molecule has 0 unspecified atom stereocenters. The Bertz CT molecular complexity index is 383. The van der Waals surface area contributed by atoms with Gasteiger partial charge in [-0.25, -0.2) is 9.59 Å². The van der Waals surface area contributed by atoms with Crippen molar-refractivity contribution in [3.63, 3.8) is 0 Å². The van der Waals surface area contributed by atoms with E-state index in [9.17, 15) is 9.59 Å². The molecule has 0 N–H and O–H groups in total. The molecule has 1 aromatic rings. The normalized spacial score (nSPS) is 8.36. The molecule has 0 aliphatic heterocycles. The fourth-order valence-electron chi connectivity index (χ4n) is 0.893. The van der Waals surface area contributed by atoms with Crippen molar-refractivity contribution < 1.29 is 9.59 Å². The SMILES string of the molecule is Cc1ccc(N(N=C=O)N=C=O)cc1. The Morgan fingerprint density at radius 1 is 1.07 bits per heavy atom. The van der Waals surface area contributed by atoms with Crippen molar-refractivity contribution >= 4 is 17.8 Å². The summed E-state index contributed by atoms with van der Waals surface area (Å²) in [5.74, 6) is 0. The Morgan fingerprint density at radius 2 is 1.57 bits per heavy atom. The molecule has 0 radical (unpaired) electrons. The first kappa shape index (κ1) is 9.86. The Labute approximate surface area is 80.3 Å². The molecule has 5 heteroatoms. The van der Waals surface area contributed by atoms with Gasteiger partial charge in [-0.1, -0.05) is 27.9 Å². The van der Waals surface area contributed by atoms with Gasteiger partial charge in [0.2, 0.25) is 0 Å².